The number of nitrogens with zero attached hydrogens (tertiary/aromatic N) is 3. The van der Waals surface area contributed by atoms with Crippen molar-refractivity contribution in [2.75, 3.05) is 12.4 Å². The molecule has 7 nitrogen and oxygen atoms in total. The van der Waals surface area contributed by atoms with Crippen LogP contribution in [0.15, 0.2) is 48.7 Å². The molecular formula is C18H17Cl2N5O2. The van der Waals surface area contributed by atoms with E-state index in [9.17, 15) is 4.79 Å². The van der Waals surface area contributed by atoms with E-state index in [0.29, 0.717) is 28.0 Å². The van der Waals surface area contributed by atoms with Gasteiger partial charge in [-0.25, -0.2) is 9.48 Å². The van der Waals surface area contributed by atoms with E-state index in [-0.39, 0.29) is 12.6 Å². The van der Waals surface area contributed by atoms with Crippen molar-refractivity contribution in [1.29, 1.82) is 0 Å². The lowest BCUT2D eigenvalue weighted by Crippen LogP contribution is -2.28. The number of urea groups is 1. The number of halogens is 2. The van der Waals surface area contributed by atoms with Crippen molar-refractivity contribution in [1.82, 2.24) is 20.3 Å². The van der Waals surface area contributed by atoms with E-state index in [1.165, 1.54) is 0 Å². The van der Waals surface area contributed by atoms with Gasteiger partial charge in [0.2, 0.25) is 0 Å². The van der Waals surface area contributed by atoms with Crippen LogP contribution < -0.4 is 15.4 Å². The zero-order valence-electron chi connectivity index (χ0n) is 14.4. The molecule has 140 valence electrons. The van der Waals surface area contributed by atoms with Gasteiger partial charge in [0.05, 0.1) is 26.4 Å². The zero-order valence-corrected chi connectivity index (χ0v) is 16.0. The van der Waals surface area contributed by atoms with Gasteiger partial charge in [0.1, 0.15) is 11.4 Å². The third kappa shape index (κ3) is 5.35. The van der Waals surface area contributed by atoms with Crippen LogP contribution in [0, 0.1) is 0 Å². The minimum Gasteiger partial charge on any atom is -0.497 e. The van der Waals surface area contributed by atoms with E-state index in [2.05, 4.69) is 20.9 Å². The van der Waals surface area contributed by atoms with Gasteiger partial charge in [0.25, 0.3) is 0 Å². The standard InChI is InChI=1S/C18H17Cl2N5O2/c1-27-16-6-4-14(5-7-16)22-18(26)21-9-15-11-25(24-23-15)10-12-2-3-13(19)8-17(12)20/h2-8,11H,9-10H2,1H3,(H2,21,22,26). The Labute approximate surface area is 166 Å². The van der Waals surface area contributed by atoms with Crippen molar-refractivity contribution in [3.8, 4) is 5.75 Å². The third-order valence-electron chi connectivity index (χ3n) is 3.71. The average Bonchev–Trinajstić information content (AvgIpc) is 3.10. The molecule has 0 unspecified atom stereocenters. The fraction of sp³-hybridized carbons (Fsp3) is 0.167. The Morgan fingerprint density at radius 2 is 1.96 bits per heavy atom. The monoisotopic (exact) mass is 405 g/mol. The number of amides is 2. The second-order valence-electron chi connectivity index (χ2n) is 5.68. The summed E-state index contributed by atoms with van der Waals surface area (Å²) in [5.74, 6) is 0.721. The first-order chi connectivity index (χ1) is 13.0. The molecular weight excluding hydrogens is 389 g/mol. The second kappa shape index (κ2) is 8.75. The highest BCUT2D eigenvalue weighted by Gasteiger charge is 2.07. The fourth-order valence-electron chi connectivity index (χ4n) is 2.34. The summed E-state index contributed by atoms with van der Waals surface area (Å²) < 4.78 is 6.72. The van der Waals surface area contributed by atoms with Gasteiger partial charge in [-0.2, -0.15) is 0 Å². The lowest BCUT2D eigenvalue weighted by molar-refractivity contribution is 0.251. The number of methoxy groups -OCH3 is 1. The lowest BCUT2D eigenvalue weighted by Gasteiger charge is -2.07. The molecule has 1 heterocycles. The first-order valence-corrected chi connectivity index (χ1v) is 8.81. The predicted octanol–water partition coefficient (Wildman–Crippen LogP) is 3.96. The molecule has 0 radical (unpaired) electrons. The maximum Gasteiger partial charge on any atom is 0.319 e. The van der Waals surface area contributed by atoms with E-state index in [1.807, 2.05) is 6.07 Å². The molecule has 0 saturated heterocycles. The van der Waals surface area contributed by atoms with Crippen LogP contribution in [0.1, 0.15) is 11.3 Å². The first kappa shape index (κ1) is 19.0. The van der Waals surface area contributed by atoms with Crippen LogP contribution in [0.25, 0.3) is 0 Å². The average molecular weight is 406 g/mol. The van der Waals surface area contributed by atoms with Gasteiger partial charge in [-0.1, -0.05) is 34.5 Å². The highest BCUT2D eigenvalue weighted by molar-refractivity contribution is 6.35. The molecule has 27 heavy (non-hydrogen) atoms. The zero-order chi connectivity index (χ0) is 19.2. The van der Waals surface area contributed by atoms with Crippen molar-refractivity contribution < 1.29 is 9.53 Å². The summed E-state index contributed by atoms with van der Waals surface area (Å²) in [4.78, 5) is 12.0. The van der Waals surface area contributed by atoms with Gasteiger partial charge >= 0.3 is 6.03 Å². The number of nitrogens with one attached hydrogen (secondary N) is 2. The molecule has 0 fully saturated rings. The molecule has 0 aliphatic heterocycles. The van der Waals surface area contributed by atoms with Gasteiger partial charge < -0.3 is 15.4 Å². The third-order valence-corrected chi connectivity index (χ3v) is 4.30. The number of hydrogen-bond donors (Lipinski definition) is 2. The molecule has 1 aromatic heterocycles. The Balaban J connectivity index is 1.52. The Morgan fingerprint density at radius 3 is 2.67 bits per heavy atom. The summed E-state index contributed by atoms with van der Waals surface area (Å²) >= 11 is 12.1. The van der Waals surface area contributed by atoms with Crippen LogP contribution >= 0.6 is 23.2 Å². The van der Waals surface area contributed by atoms with Crippen molar-refractivity contribution in [2.45, 2.75) is 13.1 Å². The number of benzene rings is 2. The van der Waals surface area contributed by atoms with Crippen LogP contribution in [0.4, 0.5) is 10.5 Å². The van der Waals surface area contributed by atoms with E-state index < -0.39 is 0 Å². The number of hydrogen-bond acceptors (Lipinski definition) is 4. The fourth-order valence-corrected chi connectivity index (χ4v) is 2.81. The molecule has 0 saturated carbocycles. The minimum absolute atomic E-state index is 0.246. The van der Waals surface area contributed by atoms with Crippen molar-refractivity contribution in [2.24, 2.45) is 0 Å². The number of rotatable bonds is 6. The first-order valence-electron chi connectivity index (χ1n) is 8.05. The molecule has 0 spiro atoms. The van der Waals surface area contributed by atoms with Crippen molar-refractivity contribution in [3.05, 3.63) is 70.0 Å². The van der Waals surface area contributed by atoms with Gasteiger partial charge in [0.15, 0.2) is 0 Å². The molecule has 9 heteroatoms. The molecule has 0 aliphatic rings. The Morgan fingerprint density at radius 1 is 1.19 bits per heavy atom. The summed E-state index contributed by atoms with van der Waals surface area (Å²) in [6.45, 7) is 0.706. The molecule has 3 aromatic rings. The predicted molar refractivity (Wildman–Crippen MR) is 104 cm³/mol. The maximum atomic E-state index is 12.0. The van der Waals surface area contributed by atoms with Crippen LogP contribution in [0.5, 0.6) is 5.75 Å². The van der Waals surface area contributed by atoms with Crippen LogP contribution in [0.3, 0.4) is 0 Å². The molecule has 0 aliphatic carbocycles. The lowest BCUT2D eigenvalue weighted by atomic mass is 10.2. The quantitative estimate of drug-likeness (QED) is 0.649. The molecule has 3 rings (SSSR count). The Kier molecular flexibility index (Phi) is 6.16. The van der Waals surface area contributed by atoms with Crippen LogP contribution in [-0.4, -0.2) is 28.1 Å². The topological polar surface area (TPSA) is 81.1 Å². The van der Waals surface area contributed by atoms with Crippen LogP contribution in [-0.2, 0) is 13.1 Å². The maximum absolute atomic E-state index is 12.0. The van der Waals surface area contributed by atoms with E-state index >= 15 is 0 Å². The number of carbonyl (C=O) groups excluding carboxylic acids is 1. The number of anilines is 1. The van der Waals surface area contributed by atoms with Crippen molar-refractivity contribution >= 4 is 34.9 Å². The highest BCUT2D eigenvalue weighted by Crippen LogP contribution is 2.21. The molecule has 0 atom stereocenters. The summed E-state index contributed by atoms with van der Waals surface area (Å²) in [7, 11) is 1.59. The molecule has 0 bridgehead atoms. The largest absolute Gasteiger partial charge is 0.497 e. The van der Waals surface area contributed by atoms with E-state index in [1.54, 1.807) is 54.4 Å². The van der Waals surface area contributed by atoms with Gasteiger partial charge in [-0.15, -0.1) is 5.10 Å². The summed E-state index contributed by atoms with van der Waals surface area (Å²) in [6.07, 6.45) is 1.75. The van der Waals surface area contributed by atoms with Gasteiger partial charge in [0, 0.05) is 15.7 Å². The van der Waals surface area contributed by atoms with Gasteiger partial charge in [-0.3, -0.25) is 0 Å². The molecule has 2 amide bonds. The van der Waals surface area contributed by atoms with Gasteiger partial charge in [-0.05, 0) is 42.0 Å². The normalized spacial score (nSPS) is 10.5. The number of aromatic nitrogens is 3. The Bertz CT molecular complexity index is 928. The van der Waals surface area contributed by atoms with Crippen molar-refractivity contribution in [3.63, 3.8) is 0 Å². The SMILES string of the molecule is COc1ccc(NC(=O)NCc2cn(Cc3ccc(Cl)cc3Cl)nn2)cc1. The summed E-state index contributed by atoms with van der Waals surface area (Å²) in [5.41, 5.74) is 2.17. The smallest absolute Gasteiger partial charge is 0.319 e. The van der Waals surface area contributed by atoms with Crippen LogP contribution in [0.2, 0.25) is 10.0 Å². The summed E-state index contributed by atoms with van der Waals surface area (Å²) in [5, 5.41) is 14.7. The second-order valence-corrected chi connectivity index (χ2v) is 6.52. The van der Waals surface area contributed by atoms with E-state index in [4.69, 9.17) is 27.9 Å². The summed E-state index contributed by atoms with van der Waals surface area (Å²) in [6, 6.07) is 12.0. The highest BCUT2D eigenvalue weighted by atomic mass is 35.5. The Hall–Kier alpha value is -2.77. The van der Waals surface area contributed by atoms with E-state index in [0.717, 1.165) is 11.3 Å². The number of carbonyl (C=O) groups is 1. The minimum atomic E-state index is -0.338. The molecule has 2 N–H and O–H groups in total. The molecule has 2 aromatic carbocycles. The number of ether oxygens (including phenoxy) is 1.